The predicted octanol–water partition coefficient (Wildman–Crippen LogP) is 6.53. The Hall–Kier alpha value is -3.24. The van der Waals surface area contributed by atoms with Gasteiger partial charge in [-0.3, -0.25) is 4.79 Å². The number of ether oxygens (including phenoxy) is 1. The highest BCUT2D eigenvalue weighted by molar-refractivity contribution is 6.36. The smallest absolute Gasteiger partial charge is 0.481 e. The van der Waals surface area contributed by atoms with Crippen molar-refractivity contribution >= 4 is 40.1 Å². The van der Waals surface area contributed by atoms with Crippen LogP contribution in [0.5, 0.6) is 5.75 Å². The van der Waals surface area contributed by atoms with Crippen molar-refractivity contribution < 1.29 is 32.3 Å². The normalized spacial score (nSPS) is 15.6. The summed E-state index contributed by atoms with van der Waals surface area (Å²) in [6.45, 7) is 0.666. The number of hydrogen-bond acceptors (Lipinski definition) is 5. The van der Waals surface area contributed by atoms with Crippen molar-refractivity contribution in [3.8, 4) is 28.6 Å². The fourth-order valence-electron chi connectivity index (χ4n) is 4.28. The van der Waals surface area contributed by atoms with Crippen LogP contribution in [0.4, 0.5) is 13.2 Å². The molecule has 34 heavy (non-hydrogen) atoms. The number of carboxylic acids is 1. The van der Waals surface area contributed by atoms with E-state index in [9.17, 15) is 23.1 Å². The average molecular weight is 512 g/mol. The number of rotatable bonds is 5. The third-order valence-electron chi connectivity index (χ3n) is 5.58. The van der Waals surface area contributed by atoms with Gasteiger partial charge >= 0.3 is 12.3 Å². The van der Waals surface area contributed by atoms with Gasteiger partial charge in [0, 0.05) is 45.2 Å². The van der Waals surface area contributed by atoms with Gasteiger partial charge in [0.1, 0.15) is 5.75 Å². The number of aryl methyl sites for hydroxylation is 1. The monoisotopic (exact) mass is 511 g/mol. The number of alkyl halides is 3. The maximum atomic E-state index is 12.6. The van der Waals surface area contributed by atoms with Gasteiger partial charge in [-0.05, 0) is 42.8 Å². The number of halogens is 5. The molecule has 1 N–H and O–H groups in total. The first-order valence-electron chi connectivity index (χ1n) is 10.0. The largest absolute Gasteiger partial charge is 0.573 e. The Bertz CT molecular complexity index is 1430. The zero-order valence-corrected chi connectivity index (χ0v) is 18.6. The minimum Gasteiger partial charge on any atom is -0.481 e. The molecule has 176 valence electrons. The molecule has 4 aromatic rings. The molecule has 3 heterocycles. The molecule has 0 fully saturated rings. The van der Waals surface area contributed by atoms with E-state index in [1.54, 1.807) is 12.1 Å². The zero-order valence-electron chi connectivity index (χ0n) is 17.1. The summed E-state index contributed by atoms with van der Waals surface area (Å²) in [7, 11) is 0. The predicted molar refractivity (Wildman–Crippen MR) is 117 cm³/mol. The van der Waals surface area contributed by atoms with Crippen LogP contribution in [-0.4, -0.2) is 32.1 Å². The first-order chi connectivity index (χ1) is 16.1. The van der Waals surface area contributed by atoms with Crippen molar-refractivity contribution in [3.05, 3.63) is 52.1 Å². The number of fused-ring (bicyclic) bond motifs is 3. The molecule has 12 heteroatoms. The minimum atomic E-state index is -4.88. The van der Waals surface area contributed by atoms with Crippen LogP contribution >= 0.6 is 23.2 Å². The molecule has 2 aromatic heterocycles. The maximum absolute atomic E-state index is 12.6. The van der Waals surface area contributed by atoms with Gasteiger partial charge in [-0.25, -0.2) is 0 Å². The van der Waals surface area contributed by atoms with Crippen molar-refractivity contribution in [2.45, 2.75) is 31.7 Å². The molecular weight excluding hydrogens is 498 g/mol. The molecule has 0 aliphatic carbocycles. The Morgan fingerprint density at radius 1 is 1.21 bits per heavy atom. The average Bonchev–Trinajstić information content (AvgIpc) is 3.44. The van der Waals surface area contributed by atoms with Gasteiger partial charge in [0.2, 0.25) is 5.82 Å². The summed E-state index contributed by atoms with van der Waals surface area (Å²) in [5.74, 6) is -1.42. The van der Waals surface area contributed by atoms with E-state index < -0.39 is 18.1 Å². The van der Waals surface area contributed by atoms with E-state index in [0.717, 1.165) is 28.7 Å². The highest BCUT2D eigenvalue weighted by Crippen LogP contribution is 2.43. The minimum absolute atomic E-state index is 0.00320. The summed E-state index contributed by atoms with van der Waals surface area (Å²) < 4.78 is 48.9. The maximum Gasteiger partial charge on any atom is 0.573 e. The zero-order chi connectivity index (χ0) is 24.2. The van der Waals surface area contributed by atoms with Crippen molar-refractivity contribution in [3.63, 3.8) is 0 Å². The molecule has 0 radical (unpaired) electrons. The lowest BCUT2D eigenvalue weighted by atomic mass is 10.00. The van der Waals surface area contributed by atoms with Crippen LogP contribution < -0.4 is 4.74 Å². The Morgan fingerprint density at radius 3 is 2.74 bits per heavy atom. The Kier molecular flexibility index (Phi) is 5.44. The van der Waals surface area contributed by atoms with Crippen molar-refractivity contribution in [1.82, 2.24) is 14.7 Å². The van der Waals surface area contributed by atoms with E-state index in [0.29, 0.717) is 23.6 Å². The second-order valence-electron chi connectivity index (χ2n) is 7.81. The van der Waals surface area contributed by atoms with Crippen molar-refractivity contribution in [1.29, 1.82) is 0 Å². The third kappa shape index (κ3) is 4.19. The SMILES string of the molecule is O=C(O)CC1CCn2c1c(Cl)c1cc(-c3noc(-c4cc(Cl)cc(OC(F)(F)F)c4)n3)ccc12. The second-order valence-corrected chi connectivity index (χ2v) is 8.63. The van der Waals surface area contributed by atoms with E-state index in [2.05, 4.69) is 14.9 Å². The van der Waals surface area contributed by atoms with Crippen LogP contribution in [0.2, 0.25) is 10.0 Å². The fourth-order valence-corrected chi connectivity index (χ4v) is 4.91. The van der Waals surface area contributed by atoms with Crippen LogP contribution in [0.3, 0.4) is 0 Å². The molecule has 0 saturated heterocycles. The number of nitrogens with zero attached hydrogens (tertiary/aromatic N) is 3. The molecule has 1 aliphatic heterocycles. The van der Waals surface area contributed by atoms with Crippen LogP contribution in [-0.2, 0) is 11.3 Å². The quantitative estimate of drug-likeness (QED) is 0.327. The van der Waals surface area contributed by atoms with Gasteiger partial charge < -0.3 is 18.9 Å². The van der Waals surface area contributed by atoms with Gasteiger partial charge in [0.25, 0.3) is 5.89 Å². The molecule has 1 aliphatic rings. The van der Waals surface area contributed by atoms with E-state index >= 15 is 0 Å². The summed E-state index contributed by atoms with van der Waals surface area (Å²) >= 11 is 12.6. The van der Waals surface area contributed by atoms with Gasteiger partial charge in [0.05, 0.1) is 11.4 Å². The lowest BCUT2D eigenvalue weighted by Gasteiger charge is -2.09. The summed E-state index contributed by atoms with van der Waals surface area (Å²) in [5.41, 5.74) is 2.38. The third-order valence-corrected chi connectivity index (χ3v) is 6.20. The Labute approximate surface area is 199 Å². The molecule has 2 aromatic carbocycles. The van der Waals surface area contributed by atoms with Gasteiger partial charge in [0.15, 0.2) is 0 Å². The number of carbonyl (C=O) groups is 1. The van der Waals surface area contributed by atoms with Crippen LogP contribution in [0, 0.1) is 0 Å². The van der Waals surface area contributed by atoms with E-state index in [4.69, 9.17) is 27.7 Å². The number of benzene rings is 2. The van der Waals surface area contributed by atoms with Crippen LogP contribution in [0.1, 0.15) is 24.5 Å². The van der Waals surface area contributed by atoms with E-state index in [1.807, 2.05) is 10.6 Å². The molecule has 1 unspecified atom stereocenters. The lowest BCUT2D eigenvalue weighted by molar-refractivity contribution is -0.274. The van der Waals surface area contributed by atoms with Crippen molar-refractivity contribution in [2.24, 2.45) is 0 Å². The summed E-state index contributed by atoms with van der Waals surface area (Å²) in [4.78, 5) is 15.5. The summed E-state index contributed by atoms with van der Waals surface area (Å²) in [5, 5.41) is 14.3. The topological polar surface area (TPSA) is 90.4 Å². The second kappa shape index (κ2) is 8.21. The molecule has 5 rings (SSSR count). The van der Waals surface area contributed by atoms with Crippen LogP contribution in [0.25, 0.3) is 33.7 Å². The van der Waals surface area contributed by atoms with Gasteiger partial charge in [-0.15, -0.1) is 13.2 Å². The number of aliphatic carboxylic acids is 1. The molecule has 0 saturated carbocycles. The Balaban J connectivity index is 1.49. The lowest BCUT2D eigenvalue weighted by Crippen LogP contribution is -2.17. The fraction of sp³-hybridized carbons (Fsp3) is 0.227. The van der Waals surface area contributed by atoms with Gasteiger partial charge in [-0.2, -0.15) is 4.98 Å². The van der Waals surface area contributed by atoms with E-state index in [1.165, 1.54) is 6.07 Å². The first-order valence-corrected chi connectivity index (χ1v) is 10.8. The molecule has 1 atom stereocenters. The molecule has 0 spiro atoms. The molecule has 0 bridgehead atoms. The number of aromatic nitrogens is 3. The standard InChI is InChI=1S/C22H14Cl2F3N3O4/c23-13-5-12(6-14(9-13)33-22(25,26)27)21-28-20(29-34-21)11-1-2-16-15(7-11)18(24)19-10(8-17(31)32)3-4-30(16)19/h1-2,5-7,9-10H,3-4,8H2,(H,31,32). The molecule has 7 nitrogen and oxygen atoms in total. The first kappa shape index (κ1) is 22.5. The van der Waals surface area contributed by atoms with E-state index in [-0.39, 0.29) is 34.6 Å². The highest BCUT2D eigenvalue weighted by Gasteiger charge is 2.32. The molecule has 0 amide bonds. The summed E-state index contributed by atoms with van der Waals surface area (Å²) in [6, 6.07) is 8.87. The van der Waals surface area contributed by atoms with Gasteiger partial charge in [-0.1, -0.05) is 28.4 Å². The Morgan fingerprint density at radius 2 is 2.00 bits per heavy atom. The highest BCUT2D eigenvalue weighted by atomic mass is 35.5. The van der Waals surface area contributed by atoms with Crippen molar-refractivity contribution in [2.75, 3.05) is 0 Å². The molecular formula is C22H14Cl2F3N3O4. The number of carboxylic acid groups (broad SMARTS) is 1. The number of hydrogen-bond donors (Lipinski definition) is 1. The summed E-state index contributed by atoms with van der Waals surface area (Å²) in [6.07, 6.45) is -4.18. The van der Waals surface area contributed by atoms with Crippen LogP contribution in [0.15, 0.2) is 40.9 Å².